The summed E-state index contributed by atoms with van der Waals surface area (Å²) in [6, 6.07) is 0. The molecule has 0 fully saturated rings. The zero-order valence-electron chi connectivity index (χ0n) is 14.5. The molecular formula is C16H24N2O6S2. The average Bonchev–Trinajstić information content (AvgIpc) is 2.64. The highest BCUT2D eigenvalue weighted by Crippen LogP contribution is 2.22. The summed E-state index contributed by atoms with van der Waals surface area (Å²) in [6.07, 6.45) is 2.79. The fraction of sp³-hybridized carbons (Fsp3) is 0.500. The Bertz CT molecular complexity index is 455. The third-order valence-electron chi connectivity index (χ3n) is 2.56. The zero-order valence-corrected chi connectivity index (χ0v) is 16.1. The molecule has 0 saturated heterocycles. The molecule has 2 amide bonds. The lowest BCUT2D eigenvalue weighted by atomic mass is 10.5. The summed E-state index contributed by atoms with van der Waals surface area (Å²) < 4.78 is 9.88. The lowest BCUT2D eigenvalue weighted by molar-refractivity contribution is -0.144. The van der Waals surface area contributed by atoms with Crippen LogP contribution in [-0.4, -0.2) is 61.6 Å². The molecule has 146 valence electrons. The molecule has 0 aliphatic rings. The van der Waals surface area contributed by atoms with Gasteiger partial charge in [-0.1, -0.05) is 34.7 Å². The van der Waals surface area contributed by atoms with Crippen molar-refractivity contribution in [3.05, 3.63) is 25.3 Å². The van der Waals surface area contributed by atoms with Gasteiger partial charge in [0.05, 0.1) is 25.9 Å². The Kier molecular flexibility index (Phi) is 15.3. The fourth-order valence-corrected chi connectivity index (χ4v) is 3.28. The van der Waals surface area contributed by atoms with Gasteiger partial charge >= 0.3 is 11.9 Å². The van der Waals surface area contributed by atoms with Crippen molar-refractivity contribution < 1.29 is 28.7 Å². The van der Waals surface area contributed by atoms with Gasteiger partial charge in [0.25, 0.3) is 0 Å². The van der Waals surface area contributed by atoms with Gasteiger partial charge in [-0.3, -0.25) is 19.2 Å². The molecule has 10 heteroatoms. The van der Waals surface area contributed by atoms with Crippen molar-refractivity contribution >= 4 is 45.3 Å². The van der Waals surface area contributed by atoms with E-state index in [0.29, 0.717) is 11.5 Å². The van der Waals surface area contributed by atoms with Crippen molar-refractivity contribution in [2.45, 2.75) is 12.8 Å². The molecule has 0 aromatic rings. The van der Waals surface area contributed by atoms with E-state index in [1.165, 1.54) is 21.6 Å². The molecule has 0 radical (unpaired) electrons. The number of amides is 2. The Morgan fingerprint density at radius 1 is 0.769 bits per heavy atom. The van der Waals surface area contributed by atoms with Gasteiger partial charge in [-0.05, 0) is 12.2 Å². The molecule has 26 heavy (non-hydrogen) atoms. The van der Waals surface area contributed by atoms with E-state index in [1.807, 2.05) is 0 Å². The molecule has 0 rings (SSSR count). The van der Waals surface area contributed by atoms with Gasteiger partial charge in [-0.15, -0.1) is 0 Å². The normalized spacial score (nSPS) is 9.69. The number of rotatable bonds is 15. The molecule has 0 unspecified atom stereocenters. The zero-order chi connectivity index (χ0) is 19.6. The smallest absolute Gasteiger partial charge is 0.306 e. The van der Waals surface area contributed by atoms with Gasteiger partial charge in [0.2, 0.25) is 11.8 Å². The average molecular weight is 405 g/mol. The predicted octanol–water partition coefficient (Wildman–Crippen LogP) is 0.839. The maximum Gasteiger partial charge on any atom is 0.306 e. The second-order valence-electron chi connectivity index (χ2n) is 4.58. The van der Waals surface area contributed by atoms with Gasteiger partial charge < -0.3 is 20.1 Å². The summed E-state index contributed by atoms with van der Waals surface area (Å²) in [6.45, 7) is 7.35. The van der Waals surface area contributed by atoms with Crippen LogP contribution in [0.5, 0.6) is 0 Å². The van der Waals surface area contributed by atoms with E-state index in [4.69, 9.17) is 9.47 Å². The molecule has 0 spiro atoms. The van der Waals surface area contributed by atoms with E-state index in [2.05, 4.69) is 23.8 Å². The Hall–Kier alpha value is -1.94. The predicted molar refractivity (Wildman–Crippen MR) is 102 cm³/mol. The van der Waals surface area contributed by atoms with Gasteiger partial charge in [0.1, 0.15) is 13.2 Å². The van der Waals surface area contributed by atoms with Crippen LogP contribution >= 0.6 is 21.6 Å². The van der Waals surface area contributed by atoms with E-state index in [-0.39, 0.29) is 62.9 Å². The number of esters is 2. The van der Waals surface area contributed by atoms with Crippen LogP contribution in [0.4, 0.5) is 0 Å². The maximum atomic E-state index is 11.4. The molecule has 0 bridgehead atoms. The van der Waals surface area contributed by atoms with E-state index in [1.54, 1.807) is 0 Å². The highest BCUT2D eigenvalue weighted by molar-refractivity contribution is 8.76. The van der Waals surface area contributed by atoms with E-state index in [0.717, 1.165) is 12.2 Å². The number of hydrogen-bond donors (Lipinski definition) is 2. The molecule has 2 N–H and O–H groups in total. The second-order valence-corrected chi connectivity index (χ2v) is 7.28. The molecule has 0 heterocycles. The minimum Gasteiger partial charge on any atom is -0.464 e. The minimum atomic E-state index is -0.341. The Labute approximate surface area is 160 Å². The number of nitrogens with one attached hydrogen (secondary N) is 2. The third-order valence-corrected chi connectivity index (χ3v) is 4.97. The van der Waals surface area contributed by atoms with Crippen molar-refractivity contribution in [2.75, 3.05) is 37.8 Å². The fourth-order valence-electron chi connectivity index (χ4n) is 1.33. The summed E-state index contributed by atoms with van der Waals surface area (Å²) >= 11 is 0. The SMILES string of the molecule is C=CC(=O)NCCOC(=O)CCSSCCC(=O)OCCNC(=O)C=C. The summed E-state index contributed by atoms with van der Waals surface area (Å²) in [5.41, 5.74) is 0. The monoisotopic (exact) mass is 404 g/mol. The summed E-state index contributed by atoms with van der Waals surface area (Å²) in [5.74, 6) is -0.184. The topological polar surface area (TPSA) is 111 Å². The van der Waals surface area contributed by atoms with Crippen LogP contribution in [0.25, 0.3) is 0 Å². The van der Waals surface area contributed by atoms with Crippen molar-refractivity contribution in [1.82, 2.24) is 10.6 Å². The first kappa shape index (κ1) is 24.1. The van der Waals surface area contributed by atoms with Crippen LogP contribution in [0.2, 0.25) is 0 Å². The molecule has 8 nitrogen and oxygen atoms in total. The molecule has 0 aliphatic carbocycles. The molecular weight excluding hydrogens is 380 g/mol. The molecule has 0 aromatic heterocycles. The number of ether oxygens (including phenoxy) is 2. The van der Waals surface area contributed by atoms with Crippen LogP contribution in [0.15, 0.2) is 25.3 Å². The lowest BCUT2D eigenvalue weighted by Gasteiger charge is -2.06. The van der Waals surface area contributed by atoms with Crippen LogP contribution in [0.3, 0.4) is 0 Å². The number of hydrogen-bond acceptors (Lipinski definition) is 8. The minimum absolute atomic E-state index is 0.120. The van der Waals surface area contributed by atoms with Crippen molar-refractivity contribution in [2.24, 2.45) is 0 Å². The molecule has 0 aliphatic heterocycles. The van der Waals surface area contributed by atoms with Crippen LogP contribution in [-0.2, 0) is 28.7 Å². The first-order valence-corrected chi connectivity index (χ1v) is 10.3. The van der Waals surface area contributed by atoms with Gasteiger partial charge in [-0.25, -0.2) is 0 Å². The number of carbonyl (C=O) groups is 4. The van der Waals surface area contributed by atoms with Crippen molar-refractivity contribution in [3.63, 3.8) is 0 Å². The Morgan fingerprint density at radius 3 is 1.50 bits per heavy atom. The van der Waals surface area contributed by atoms with Crippen LogP contribution < -0.4 is 10.6 Å². The second kappa shape index (κ2) is 16.5. The van der Waals surface area contributed by atoms with Crippen LogP contribution in [0.1, 0.15) is 12.8 Å². The van der Waals surface area contributed by atoms with E-state index in [9.17, 15) is 19.2 Å². The van der Waals surface area contributed by atoms with Gasteiger partial charge in [0, 0.05) is 11.5 Å². The van der Waals surface area contributed by atoms with Crippen molar-refractivity contribution in [3.8, 4) is 0 Å². The summed E-state index contributed by atoms with van der Waals surface area (Å²) in [7, 11) is 2.93. The van der Waals surface area contributed by atoms with E-state index >= 15 is 0 Å². The van der Waals surface area contributed by atoms with Crippen molar-refractivity contribution in [1.29, 1.82) is 0 Å². The summed E-state index contributed by atoms with van der Waals surface area (Å²) in [4.78, 5) is 44.6. The largest absolute Gasteiger partial charge is 0.464 e. The van der Waals surface area contributed by atoms with Gasteiger partial charge in [0.15, 0.2) is 0 Å². The highest BCUT2D eigenvalue weighted by Gasteiger charge is 2.06. The van der Waals surface area contributed by atoms with E-state index < -0.39 is 0 Å². The highest BCUT2D eigenvalue weighted by atomic mass is 33.1. The quantitative estimate of drug-likeness (QED) is 0.179. The molecule has 0 saturated carbocycles. The van der Waals surface area contributed by atoms with Crippen LogP contribution in [0, 0.1) is 0 Å². The standard InChI is InChI=1S/C16H24N2O6S2/c1-3-13(19)17-7-9-23-15(21)5-11-25-26-12-6-16(22)24-10-8-18-14(20)4-2/h3-4H,1-2,5-12H2,(H,17,19)(H,18,20). The Morgan fingerprint density at radius 2 is 1.15 bits per heavy atom. The first-order chi connectivity index (χ1) is 12.5. The molecule has 0 aromatic carbocycles. The third kappa shape index (κ3) is 15.6. The maximum absolute atomic E-state index is 11.4. The summed E-state index contributed by atoms with van der Waals surface area (Å²) in [5, 5.41) is 4.99. The molecule has 0 atom stereocenters. The first-order valence-electron chi connectivity index (χ1n) is 7.85. The lowest BCUT2D eigenvalue weighted by Crippen LogP contribution is -2.26. The van der Waals surface area contributed by atoms with Gasteiger partial charge in [-0.2, -0.15) is 0 Å². The number of carbonyl (C=O) groups excluding carboxylic acids is 4. The Balaban J connectivity index is 3.43.